The summed E-state index contributed by atoms with van der Waals surface area (Å²) >= 11 is 0. The minimum atomic E-state index is -1.79. The molecular weight excluding hydrogens is 366 g/mol. The number of rotatable bonds is 7. The van der Waals surface area contributed by atoms with Gasteiger partial charge in [0.15, 0.2) is 0 Å². The topological polar surface area (TPSA) is 108 Å². The van der Waals surface area contributed by atoms with Gasteiger partial charge in [0.25, 0.3) is 5.91 Å². The molecule has 2 aromatic rings. The zero-order chi connectivity index (χ0) is 20.5. The van der Waals surface area contributed by atoms with E-state index < -0.39 is 36.0 Å². The van der Waals surface area contributed by atoms with E-state index in [9.17, 15) is 19.2 Å². The maximum absolute atomic E-state index is 12.4. The Morgan fingerprint density at radius 2 is 1.18 bits per heavy atom. The molecule has 1 N–H and O–H groups in total. The van der Waals surface area contributed by atoms with E-state index in [-0.39, 0.29) is 11.1 Å². The number of methoxy groups -OCH3 is 1. The molecule has 0 spiro atoms. The van der Waals surface area contributed by atoms with Crippen LogP contribution in [0.3, 0.4) is 0 Å². The molecule has 0 aliphatic rings. The van der Waals surface area contributed by atoms with Crippen LogP contribution >= 0.6 is 0 Å². The molecule has 0 fully saturated rings. The van der Waals surface area contributed by atoms with E-state index in [4.69, 9.17) is 9.47 Å². The molecule has 2 aromatic carbocycles. The Morgan fingerprint density at radius 3 is 1.57 bits per heavy atom. The molecule has 0 bridgehead atoms. The maximum atomic E-state index is 12.4. The van der Waals surface area contributed by atoms with Crippen LogP contribution in [0.15, 0.2) is 60.7 Å². The summed E-state index contributed by atoms with van der Waals surface area (Å²) in [7, 11) is 2.35. The smallest absolute Gasteiger partial charge is 0.351 e. The van der Waals surface area contributed by atoms with Crippen LogP contribution in [0.4, 0.5) is 0 Å². The number of ether oxygens (including phenoxy) is 3. The maximum Gasteiger partial charge on any atom is 0.351 e. The lowest BCUT2D eigenvalue weighted by Gasteiger charge is -2.24. The number of carbonyl (C=O) groups excluding carboxylic acids is 4. The monoisotopic (exact) mass is 385 g/mol. The fourth-order valence-corrected chi connectivity index (χ4v) is 2.26. The van der Waals surface area contributed by atoms with E-state index in [2.05, 4.69) is 10.1 Å². The van der Waals surface area contributed by atoms with E-state index in [0.717, 1.165) is 7.11 Å². The summed E-state index contributed by atoms with van der Waals surface area (Å²) in [6.45, 7) is 0. The summed E-state index contributed by atoms with van der Waals surface area (Å²) in [6, 6.07) is 15.7. The van der Waals surface area contributed by atoms with Crippen LogP contribution in [-0.2, 0) is 23.8 Å². The second-order valence-electron chi connectivity index (χ2n) is 5.52. The zero-order valence-electron chi connectivity index (χ0n) is 15.3. The lowest BCUT2D eigenvalue weighted by Crippen LogP contribution is -2.50. The number of esters is 3. The van der Waals surface area contributed by atoms with E-state index in [1.54, 1.807) is 36.4 Å². The second kappa shape index (κ2) is 9.86. The molecule has 0 unspecified atom stereocenters. The zero-order valence-corrected chi connectivity index (χ0v) is 15.3. The average molecular weight is 385 g/mol. The van der Waals surface area contributed by atoms with Gasteiger partial charge in [0.05, 0.1) is 18.2 Å². The van der Waals surface area contributed by atoms with Crippen molar-refractivity contribution in [2.75, 3.05) is 14.2 Å². The van der Waals surface area contributed by atoms with Crippen molar-refractivity contribution in [2.45, 2.75) is 12.2 Å². The fraction of sp³-hybridized carbons (Fsp3) is 0.200. The lowest BCUT2D eigenvalue weighted by atomic mass is 10.1. The third-order valence-electron chi connectivity index (χ3n) is 3.70. The normalized spacial score (nSPS) is 12.2. The molecule has 8 nitrogen and oxygen atoms in total. The average Bonchev–Trinajstić information content (AvgIpc) is 2.75. The largest absolute Gasteiger partial charge is 0.466 e. The molecule has 0 radical (unpaired) electrons. The molecule has 2 atom stereocenters. The van der Waals surface area contributed by atoms with E-state index in [1.807, 2.05) is 0 Å². The minimum absolute atomic E-state index is 0.154. The Labute approximate surface area is 161 Å². The summed E-state index contributed by atoms with van der Waals surface area (Å²) in [6.07, 6.45) is -3.52. The Hall–Kier alpha value is -3.68. The van der Waals surface area contributed by atoms with Crippen molar-refractivity contribution in [3.63, 3.8) is 0 Å². The van der Waals surface area contributed by atoms with Crippen molar-refractivity contribution in [3.8, 4) is 0 Å². The van der Waals surface area contributed by atoms with E-state index >= 15 is 0 Å². The van der Waals surface area contributed by atoms with Gasteiger partial charge in [0.1, 0.15) is 0 Å². The first kappa shape index (κ1) is 20.6. The highest BCUT2D eigenvalue weighted by atomic mass is 16.6. The van der Waals surface area contributed by atoms with Gasteiger partial charge in [-0.05, 0) is 24.3 Å². The first-order chi connectivity index (χ1) is 13.5. The van der Waals surface area contributed by atoms with Crippen LogP contribution in [0, 0.1) is 0 Å². The Morgan fingerprint density at radius 1 is 0.750 bits per heavy atom. The first-order valence-corrected chi connectivity index (χ1v) is 8.29. The van der Waals surface area contributed by atoms with Gasteiger partial charge in [0.2, 0.25) is 12.2 Å². The Bertz CT molecular complexity index is 765. The summed E-state index contributed by atoms with van der Waals surface area (Å²) in [4.78, 5) is 49.2. The molecule has 0 saturated heterocycles. The van der Waals surface area contributed by atoms with Crippen molar-refractivity contribution in [1.82, 2.24) is 5.32 Å². The molecule has 0 heterocycles. The summed E-state index contributed by atoms with van der Waals surface area (Å²) in [5.41, 5.74) is 0.316. The van der Waals surface area contributed by atoms with E-state index in [1.165, 1.54) is 31.3 Å². The molecule has 1 amide bonds. The number of nitrogens with one attached hydrogen (secondary N) is 1. The molecule has 0 aliphatic heterocycles. The third-order valence-corrected chi connectivity index (χ3v) is 3.70. The molecule has 0 aliphatic carbocycles. The van der Waals surface area contributed by atoms with Crippen molar-refractivity contribution < 1.29 is 33.4 Å². The quantitative estimate of drug-likeness (QED) is 0.566. The van der Waals surface area contributed by atoms with E-state index in [0.29, 0.717) is 0 Å². The number of carbonyl (C=O) groups is 4. The van der Waals surface area contributed by atoms with Crippen LogP contribution in [0.1, 0.15) is 20.7 Å². The first-order valence-electron chi connectivity index (χ1n) is 8.29. The predicted molar refractivity (Wildman–Crippen MR) is 97.4 cm³/mol. The molecule has 8 heteroatoms. The molecule has 2 rings (SSSR count). The molecule has 28 heavy (non-hydrogen) atoms. The van der Waals surface area contributed by atoms with Gasteiger partial charge in [0, 0.05) is 7.05 Å². The van der Waals surface area contributed by atoms with Gasteiger partial charge in [-0.1, -0.05) is 36.4 Å². The van der Waals surface area contributed by atoms with Gasteiger partial charge >= 0.3 is 17.9 Å². The Kier molecular flexibility index (Phi) is 7.27. The van der Waals surface area contributed by atoms with Crippen LogP contribution < -0.4 is 5.32 Å². The standard InChI is InChI=1S/C20H19NO7/c1-21-17(22)15(27-18(23)13-9-5-3-6-10-13)16(20(25)26-2)28-19(24)14-11-7-4-8-12-14/h3-12,15-16H,1-2H3,(H,21,22)/t15-,16-/m1/s1. The van der Waals surface area contributed by atoms with Gasteiger partial charge in [-0.2, -0.15) is 0 Å². The summed E-state index contributed by atoms with van der Waals surface area (Å²) in [5.74, 6) is -3.61. The number of amides is 1. The number of likely N-dealkylation sites (N-methyl/N-ethyl adjacent to an activating group) is 1. The SMILES string of the molecule is CNC(=O)[C@H](OC(=O)c1ccccc1)[C@@H](OC(=O)c1ccccc1)C(=O)OC. The molecular formula is C20H19NO7. The number of benzene rings is 2. The van der Waals surface area contributed by atoms with Crippen molar-refractivity contribution in [1.29, 1.82) is 0 Å². The highest BCUT2D eigenvalue weighted by Crippen LogP contribution is 2.14. The van der Waals surface area contributed by atoms with Gasteiger partial charge < -0.3 is 19.5 Å². The van der Waals surface area contributed by atoms with Crippen LogP contribution in [-0.4, -0.2) is 50.2 Å². The van der Waals surface area contributed by atoms with Crippen molar-refractivity contribution in [2.24, 2.45) is 0 Å². The van der Waals surface area contributed by atoms with Crippen LogP contribution in [0.5, 0.6) is 0 Å². The van der Waals surface area contributed by atoms with Gasteiger partial charge in [-0.3, -0.25) is 4.79 Å². The molecule has 0 saturated carbocycles. The van der Waals surface area contributed by atoms with Crippen molar-refractivity contribution >= 4 is 23.8 Å². The summed E-state index contributed by atoms with van der Waals surface area (Å²) in [5, 5.41) is 2.28. The van der Waals surface area contributed by atoms with Crippen LogP contribution in [0.25, 0.3) is 0 Å². The number of hydrogen-bond acceptors (Lipinski definition) is 7. The highest BCUT2D eigenvalue weighted by Gasteiger charge is 2.41. The fourth-order valence-electron chi connectivity index (χ4n) is 2.26. The summed E-state index contributed by atoms with van der Waals surface area (Å²) < 4.78 is 15.0. The number of hydrogen-bond donors (Lipinski definition) is 1. The molecule has 146 valence electrons. The predicted octanol–water partition coefficient (Wildman–Crippen LogP) is 1.36. The lowest BCUT2D eigenvalue weighted by molar-refractivity contribution is -0.162. The second-order valence-corrected chi connectivity index (χ2v) is 5.52. The van der Waals surface area contributed by atoms with Crippen molar-refractivity contribution in [3.05, 3.63) is 71.8 Å². The van der Waals surface area contributed by atoms with Crippen LogP contribution in [0.2, 0.25) is 0 Å². The third kappa shape index (κ3) is 5.16. The van der Waals surface area contributed by atoms with Gasteiger partial charge in [-0.25, -0.2) is 14.4 Å². The van der Waals surface area contributed by atoms with Gasteiger partial charge in [-0.15, -0.1) is 0 Å². The molecule has 0 aromatic heterocycles. The Balaban J connectivity index is 2.29. The minimum Gasteiger partial charge on any atom is -0.466 e. The highest BCUT2D eigenvalue weighted by molar-refractivity contribution is 5.97.